The maximum Gasteiger partial charge on any atom is 0.314 e. The zero-order chi connectivity index (χ0) is 49.8. The van der Waals surface area contributed by atoms with Gasteiger partial charge in [-0.1, -0.05) is 92.4 Å². The minimum Gasteiger partial charge on any atom is -0.383 e. The van der Waals surface area contributed by atoms with Crippen molar-refractivity contribution in [3.63, 3.8) is 0 Å². The van der Waals surface area contributed by atoms with Crippen LogP contribution in [0, 0.1) is 13.8 Å². The maximum atomic E-state index is 13.5. The molecule has 0 radical (unpaired) electrons. The van der Waals surface area contributed by atoms with E-state index in [0.29, 0.717) is 39.8 Å². The van der Waals surface area contributed by atoms with Crippen molar-refractivity contribution in [1.29, 1.82) is 0 Å². The van der Waals surface area contributed by atoms with Crippen LogP contribution < -0.4 is 22.1 Å². The van der Waals surface area contributed by atoms with Crippen LogP contribution in [0.3, 0.4) is 0 Å². The number of anilines is 4. The van der Waals surface area contributed by atoms with Crippen LogP contribution in [0.1, 0.15) is 33.6 Å². The number of aryl methyl sites for hydroxylation is 2. The number of hydrogen-bond donors (Lipinski definition) is 5. The van der Waals surface area contributed by atoms with E-state index in [9.17, 15) is 19.2 Å². The molecule has 0 aliphatic heterocycles. The Labute approximate surface area is 405 Å². The van der Waals surface area contributed by atoms with Gasteiger partial charge in [0, 0.05) is 40.2 Å². The number of fused-ring (bicyclic) bond motifs is 2. The van der Waals surface area contributed by atoms with Gasteiger partial charge in [0.2, 0.25) is 0 Å². The Morgan fingerprint density at radius 1 is 0.643 bits per heavy atom. The number of nitrogens with two attached hydrogens (primary N) is 2. The number of nitrogens with one attached hydrogen (secondary N) is 3. The van der Waals surface area contributed by atoms with Crippen molar-refractivity contribution in [3.05, 3.63) is 156 Å². The molecule has 0 bridgehead atoms. The number of amides is 4. The van der Waals surface area contributed by atoms with E-state index in [1.807, 2.05) is 98.8 Å². The van der Waals surface area contributed by atoms with Crippen molar-refractivity contribution in [2.45, 2.75) is 72.4 Å². The Morgan fingerprint density at radius 2 is 1.16 bits per heavy atom. The number of carbonyl (C=O) groups excluding carboxylic acids is 4. The predicted molar refractivity (Wildman–Crippen MR) is 271 cm³/mol. The average molecular weight is 961 g/mol. The van der Waals surface area contributed by atoms with Crippen LogP contribution in [-0.2, 0) is 56.8 Å². The fourth-order valence-corrected chi connectivity index (χ4v) is 8.02. The second-order valence-corrected chi connectivity index (χ2v) is 23.4. The molecule has 0 spiro atoms. The Balaban J connectivity index is 0.000000212. The molecule has 20 heteroatoms. The Kier molecular flexibility index (Phi) is 16.0. The van der Waals surface area contributed by atoms with Crippen molar-refractivity contribution >= 4 is 76.5 Å². The van der Waals surface area contributed by atoms with Gasteiger partial charge in [0.05, 0.1) is 82.4 Å². The smallest absolute Gasteiger partial charge is 0.314 e. The number of ether oxygens (including phenoxy) is 1. The van der Waals surface area contributed by atoms with E-state index >= 15 is 0 Å². The van der Waals surface area contributed by atoms with Crippen molar-refractivity contribution in [2.75, 3.05) is 28.7 Å². The van der Waals surface area contributed by atoms with Gasteiger partial charge in [0.1, 0.15) is 18.4 Å². The SMILES string of the molecule is Cc1cccnc1CN(Cc1ccccc1)C(=O)C(=O)Nc1cnc(N)c2cn[nH]c12.Cc1cccnc1CN(Cc1ccccc1)C(=O)C(=O)Nc1cnc(N)c2cnn(COCC[Si](C)(C)C)c12. The van der Waals surface area contributed by atoms with Crippen LogP contribution in [0.15, 0.2) is 122 Å². The Hall–Kier alpha value is -8.36. The lowest BCUT2D eigenvalue weighted by molar-refractivity contribution is -0.144. The van der Waals surface area contributed by atoms with E-state index in [1.165, 1.54) is 28.4 Å². The zero-order valence-corrected chi connectivity index (χ0v) is 40.7. The van der Waals surface area contributed by atoms with Crippen molar-refractivity contribution in [2.24, 2.45) is 0 Å². The molecular formula is C50H56N14O5Si. The highest BCUT2D eigenvalue weighted by molar-refractivity contribution is 6.76. The van der Waals surface area contributed by atoms with E-state index in [0.717, 1.165) is 39.7 Å². The first-order chi connectivity index (χ1) is 33.6. The number of carbonyl (C=O) groups is 4. The Morgan fingerprint density at radius 3 is 1.69 bits per heavy atom. The first kappa shape index (κ1) is 49.5. The summed E-state index contributed by atoms with van der Waals surface area (Å²) in [6, 6.07) is 27.5. The van der Waals surface area contributed by atoms with Gasteiger partial charge in [-0.05, 0) is 54.3 Å². The van der Waals surface area contributed by atoms with Crippen molar-refractivity contribution in [1.82, 2.24) is 49.7 Å². The molecule has 4 amide bonds. The summed E-state index contributed by atoms with van der Waals surface area (Å²) in [5.74, 6) is -2.39. The number of rotatable bonds is 15. The minimum absolute atomic E-state index is 0.187. The molecule has 6 aromatic heterocycles. The first-order valence-electron chi connectivity index (χ1n) is 22.5. The summed E-state index contributed by atoms with van der Waals surface area (Å²) >= 11 is 0. The van der Waals surface area contributed by atoms with E-state index in [-0.39, 0.29) is 44.5 Å². The Bertz CT molecular complexity index is 3100. The normalized spacial score (nSPS) is 11.2. The molecule has 2 aromatic carbocycles. The molecule has 360 valence electrons. The average Bonchev–Trinajstić information content (AvgIpc) is 4.03. The third-order valence-electron chi connectivity index (χ3n) is 11.2. The van der Waals surface area contributed by atoms with Crippen molar-refractivity contribution < 1.29 is 23.9 Å². The van der Waals surface area contributed by atoms with Gasteiger partial charge < -0.3 is 36.6 Å². The van der Waals surface area contributed by atoms with Crippen molar-refractivity contribution in [3.8, 4) is 0 Å². The molecule has 0 fully saturated rings. The summed E-state index contributed by atoms with van der Waals surface area (Å²) < 4.78 is 7.49. The molecule has 19 nitrogen and oxygen atoms in total. The molecule has 0 aliphatic rings. The summed E-state index contributed by atoms with van der Waals surface area (Å²) in [6.07, 6.45) is 9.28. The molecule has 0 saturated carbocycles. The van der Waals surface area contributed by atoms with Crippen LogP contribution in [-0.4, -0.2) is 88.0 Å². The van der Waals surface area contributed by atoms with Crippen LogP contribution >= 0.6 is 0 Å². The largest absolute Gasteiger partial charge is 0.383 e. The molecule has 0 unspecified atom stereocenters. The topological polar surface area (TPSA) is 258 Å². The monoisotopic (exact) mass is 960 g/mol. The first-order valence-corrected chi connectivity index (χ1v) is 26.2. The highest BCUT2D eigenvalue weighted by Gasteiger charge is 2.27. The molecule has 8 rings (SSSR count). The van der Waals surface area contributed by atoms with Gasteiger partial charge >= 0.3 is 23.6 Å². The van der Waals surface area contributed by atoms with E-state index < -0.39 is 31.7 Å². The second-order valence-electron chi connectivity index (χ2n) is 17.8. The van der Waals surface area contributed by atoms with Crippen LogP contribution in [0.4, 0.5) is 23.0 Å². The number of nitrogen functional groups attached to an aromatic ring is 2. The van der Waals surface area contributed by atoms with Gasteiger partial charge in [-0.15, -0.1) is 0 Å². The number of pyridine rings is 4. The van der Waals surface area contributed by atoms with Gasteiger partial charge in [-0.2, -0.15) is 10.2 Å². The van der Waals surface area contributed by atoms with Gasteiger partial charge in [0.15, 0.2) is 0 Å². The fourth-order valence-electron chi connectivity index (χ4n) is 7.26. The minimum atomic E-state index is -1.25. The maximum absolute atomic E-state index is 13.5. The summed E-state index contributed by atoms with van der Waals surface area (Å²) in [6.45, 7) is 12.4. The zero-order valence-electron chi connectivity index (χ0n) is 39.7. The summed E-state index contributed by atoms with van der Waals surface area (Å²) in [4.78, 5) is 72.8. The quantitative estimate of drug-likeness (QED) is 0.0412. The second kappa shape index (κ2) is 22.6. The molecular weight excluding hydrogens is 905 g/mol. The summed E-state index contributed by atoms with van der Waals surface area (Å²) in [7, 11) is -1.25. The predicted octanol–water partition coefficient (Wildman–Crippen LogP) is 6.61. The number of aromatic amines is 1. The lowest BCUT2D eigenvalue weighted by Crippen LogP contribution is -2.39. The van der Waals surface area contributed by atoms with Crippen LogP contribution in [0.25, 0.3) is 21.8 Å². The lowest BCUT2D eigenvalue weighted by atomic mass is 10.1. The van der Waals surface area contributed by atoms with E-state index in [1.54, 1.807) is 23.3 Å². The fraction of sp³-hybridized carbons (Fsp3) is 0.240. The highest BCUT2D eigenvalue weighted by Crippen LogP contribution is 2.28. The summed E-state index contributed by atoms with van der Waals surface area (Å²) in [5.41, 5.74) is 18.7. The molecule has 0 atom stereocenters. The lowest BCUT2D eigenvalue weighted by Gasteiger charge is -2.23. The van der Waals surface area contributed by atoms with Gasteiger partial charge in [-0.3, -0.25) is 34.2 Å². The molecule has 6 heterocycles. The summed E-state index contributed by atoms with van der Waals surface area (Å²) in [5, 5.41) is 17.6. The number of aromatic nitrogens is 8. The van der Waals surface area contributed by atoms with E-state index in [2.05, 4.69) is 65.5 Å². The number of nitrogens with zero attached hydrogens (tertiary/aromatic N) is 9. The molecule has 70 heavy (non-hydrogen) atoms. The van der Waals surface area contributed by atoms with Gasteiger partial charge in [-0.25, -0.2) is 14.6 Å². The van der Waals surface area contributed by atoms with E-state index in [4.69, 9.17) is 16.2 Å². The van der Waals surface area contributed by atoms with Crippen LogP contribution in [0.2, 0.25) is 25.7 Å². The molecule has 8 aromatic rings. The standard InChI is InChI=1S/C28H35N7O3Si.C22H21N7O2/c1-20-9-8-12-30-24(20)18-34(17-21-10-6-5-7-11-21)28(37)27(36)33-23-16-31-26(29)22-15-32-35(25(22)23)19-38-13-14-39(2,3)4;1-14-6-5-9-24-18(14)13-29(12-15-7-3-2-4-8-15)22(31)21(30)27-17-11-25-20(23)16-10-26-28-19(16)17/h5-12,15-16H,13-14,17-19H2,1-4H3,(H2,29,31)(H,33,36);2-11H,12-13H2,1H3,(H2,23,25)(H,26,28)(H,27,30). The molecule has 7 N–H and O–H groups in total. The molecule has 0 saturated heterocycles. The number of hydrogen-bond acceptors (Lipinski definition) is 13. The third kappa shape index (κ3) is 12.8. The van der Waals surface area contributed by atoms with Gasteiger partial charge in [0.25, 0.3) is 0 Å². The highest BCUT2D eigenvalue weighted by atomic mass is 28.3. The van der Waals surface area contributed by atoms with Crippen LogP contribution in [0.5, 0.6) is 0 Å². The third-order valence-corrected chi connectivity index (χ3v) is 12.9. The number of H-pyrrole nitrogens is 1. The number of benzene rings is 2. The molecule has 0 aliphatic carbocycles.